The van der Waals surface area contributed by atoms with Crippen molar-refractivity contribution in [3.63, 3.8) is 0 Å². The van der Waals surface area contributed by atoms with Crippen LogP contribution < -0.4 is 0 Å². The molecule has 4 aromatic carbocycles. The molecule has 1 N–H and O–H groups in total. The summed E-state index contributed by atoms with van der Waals surface area (Å²) < 4.78 is 5.14. The maximum absolute atomic E-state index is 12.2. The number of rotatable bonds is 8. The molecule has 0 spiro atoms. The van der Waals surface area contributed by atoms with E-state index in [9.17, 15) is 14.7 Å². The van der Waals surface area contributed by atoms with Crippen LogP contribution in [0.1, 0.15) is 64.5 Å². The molecule has 8 heteroatoms. The van der Waals surface area contributed by atoms with E-state index in [2.05, 4.69) is 40.6 Å². The lowest BCUT2D eigenvalue weighted by molar-refractivity contribution is -0.169. The average molecular weight is 595 g/mol. The number of hydrogen-bond donors (Lipinski definition) is 1. The van der Waals surface area contributed by atoms with Gasteiger partial charge >= 0.3 is 11.9 Å². The Labute approximate surface area is 257 Å². The topological polar surface area (TPSA) is 107 Å². The summed E-state index contributed by atoms with van der Waals surface area (Å²) in [6.45, 7) is 7.85. The lowest BCUT2D eigenvalue weighted by Crippen LogP contribution is -2.46. The number of oxime groups is 2. The van der Waals surface area contributed by atoms with Crippen molar-refractivity contribution in [3.05, 3.63) is 96.1 Å². The zero-order chi connectivity index (χ0) is 31.3. The standard InChI is InChI=1S/2C18H19NO3/c1-3-18(17(20)21-4-2)12-16(19-22-18)15-10-9-13-7-5-6-8-14(13)11-15;1-3-15-16(19-22-18(15,4-2)17(20)21)14-10-9-12-7-5-6-8-13(12)11-14/h5-11H,3-4,12H2,1-2H3;5-11,15H,3-4H2,1-2H3,(H,20,21). The smallest absolute Gasteiger partial charge is 0.353 e. The summed E-state index contributed by atoms with van der Waals surface area (Å²) in [6, 6.07) is 28.5. The number of ether oxygens (including phenoxy) is 1. The molecule has 2 heterocycles. The Kier molecular flexibility index (Phi) is 8.99. The van der Waals surface area contributed by atoms with Crippen LogP contribution >= 0.6 is 0 Å². The first-order valence-corrected chi connectivity index (χ1v) is 15.2. The number of esters is 1. The van der Waals surface area contributed by atoms with Crippen LogP contribution in [-0.2, 0) is 24.0 Å². The molecule has 0 bridgehead atoms. The maximum atomic E-state index is 12.2. The van der Waals surface area contributed by atoms with E-state index in [1.54, 1.807) is 6.92 Å². The van der Waals surface area contributed by atoms with Gasteiger partial charge in [0.15, 0.2) is 0 Å². The Morgan fingerprint density at radius 3 is 1.93 bits per heavy atom. The minimum Gasteiger partial charge on any atom is -0.478 e. The molecule has 4 aromatic rings. The molecule has 3 atom stereocenters. The van der Waals surface area contributed by atoms with E-state index in [4.69, 9.17) is 14.4 Å². The van der Waals surface area contributed by atoms with Crippen LogP contribution in [0.2, 0.25) is 0 Å². The van der Waals surface area contributed by atoms with E-state index in [1.807, 2.05) is 75.4 Å². The highest BCUT2D eigenvalue weighted by molar-refractivity contribution is 6.08. The summed E-state index contributed by atoms with van der Waals surface area (Å²) in [4.78, 5) is 34.8. The van der Waals surface area contributed by atoms with Gasteiger partial charge in [0.05, 0.1) is 23.9 Å². The third-order valence-corrected chi connectivity index (χ3v) is 8.63. The van der Waals surface area contributed by atoms with Gasteiger partial charge in [-0.25, -0.2) is 9.59 Å². The fourth-order valence-corrected chi connectivity index (χ4v) is 5.96. The average Bonchev–Trinajstić information content (AvgIpc) is 3.68. The van der Waals surface area contributed by atoms with Gasteiger partial charge in [-0.1, -0.05) is 104 Å². The zero-order valence-electron chi connectivity index (χ0n) is 25.6. The Morgan fingerprint density at radius 2 is 1.39 bits per heavy atom. The van der Waals surface area contributed by atoms with Crippen molar-refractivity contribution in [2.24, 2.45) is 16.2 Å². The van der Waals surface area contributed by atoms with Crippen molar-refractivity contribution >= 4 is 44.9 Å². The quantitative estimate of drug-likeness (QED) is 0.212. The van der Waals surface area contributed by atoms with Crippen LogP contribution in [0, 0.1) is 5.92 Å². The first kappa shape index (κ1) is 30.7. The summed E-state index contributed by atoms with van der Waals surface area (Å²) >= 11 is 0. The van der Waals surface area contributed by atoms with Gasteiger partial charge in [0.25, 0.3) is 0 Å². The predicted octanol–water partition coefficient (Wildman–Crippen LogP) is 7.51. The highest BCUT2D eigenvalue weighted by Crippen LogP contribution is 2.38. The van der Waals surface area contributed by atoms with Gasteiger partial charge < -0.3 is 19.5 Å². The second kappa shape index (κ2) is 12.9. The monoisotopic (exact) mass is 594 g/mol. The highest BCUT2D eigenvalue weighted by Gasteiger charge is 2.53. The number of carbonyl (C=O) groups excluding carboxylic acids is 1. The number of carbonyl (C=O) groups is 2. The largest absolute Gasteiger partial charge is 0.478 e. The molecule has 44 heavy (non-hydrogen) atoms. The van der Waals surface area contributed by atoms with Gasteiger partial charge in [-0.05, 0) is 59.9 Å². The molecule has 0 saturated carbocycles. The van der Waals surface area contributed by atoms with E-state index in [1.165, 1.54) is 5.39 Å². The molecule has 0 saturated heterocycles. The zero-order valence-corrected chi connectivity index (χ0v) is 25.6. The lowest BCUT2D eigenvalue weighted by Gasteiger charge is -2.27. The van der Waals surface area contributed by atoms with Crippen molar-refractivity contribution in [1.82, 2.24) is 0 Å². The molecule has 2 aliphatic heterocycles. The number of benzene rings is 4. The van der Waals surface area contributed by atoms with Gasteiger partial charge in [-0.2, -0.15) is 0 Å². The Bertz CT molecular complexity index is 1750. The molecule has 8 nitrogen and oxygen atoms in total. The van der Waals surface area contributed by atoms with Gasteiger partial charge in [0.1, 0.15) is 0 Å². The second-order valence-electron chi connectivity index (χ2n) is 11.1. The van der Waals surface area contributed by atoms with Crippen molar-refractivity contribution in [2.75, 3.05) is 6.61 Å². The summed E-state index contributed by atoms with van der Waals surface area (Å²) in [7, 11) is 0. The number of hydrogen-bond acceptors (Lipinski definition) is 7. The second-order valence-corrected chi connectivity index (χ2v) is 11.1. The molecule has 0 aliphatic carbocycles. The molecule has 0 amide bonds. The normalized spacial score (nSPS) is 22.3. The Hall–Kier alpha value is -4.72. The minimum atomic E-state index is -1.24. The number of carboxylic acid groups (broad SMARTS) is 1. The van der Waals surface area contributed by atoms with Crippen LogP contribution in [-0.4, -0.2) is 46.3 Å². The molecule has 0 radical (unpaired) electrons. The van der Waals surface area contributed by atoms with Crippen LogP contribution in [0.5, 0.6) is 0 Å². The Morgan fingerprint density at radius 1 is 0.795 bits per heavy atom. The summed E-state index contributed by atoms with van der Waals surface area (Å²) in [5, 5.41) is 22.5. The third-order valence-electron chi connectivity index (χ3n) is 8.63. The predicted molar refractivity (Wildman–Crippen MR) is 172 cm³/mol. The number of aliphatic carboxylic acids is 1. The molecule has 3 unspecified atom stereocenters. The molecule has 0 fully saturated rings. The van der Waals surface area contributed by atoms with Crippen LogP contribution in [0.4, 0.5) is 0 Å². The number of carboxylic acids is 1. The number of nitrogens with zero attached hydrogens (tertiary/aromatic N) is 2. The van der Waals surface area contributed by atoms with E-state index < -0.39 is 17.2 Å². The maximum Gasteiger partial charge on any atom is 0.353 e. The minimum absolute atomic E-state index is 0.240. The molecule has 0 aromatic heterocycles. The van der Waals surface area contributed by atoms with E-state index in [-0.39, 0.29) is 11.9 Å². The Balaban J connectivity index is 0.000000175. The molecule has 2 aliphatic rings. The van der Waals surface area contributed by atoms with E-state index in [0.717, 1.165) is 38.7 Å². The van der Waals surface area contributed by atoms with Crippen molar-refractivity contribution in [2.45, 2.75) is 64.6 Å². The van der Waals surface area contributed by atoms with Gasteiger partial charge in [0.2, 0.25) is 11.2 Å². The summed E-state index contributed by atoms with van der Waals surface area (Å²) in [5.41, 5.74) is 1.23. The van der Waals surface area contributed by atoms with Crippen LogP contribution in [0.25, 0.3) is 21.5 Å². The van der Waals surface area contributed by atoms with Crippen LogP contribution in [0.3, 0.4) is 0 Å². The molecular formula is C36H38N2O6. The highest BCUT2D eigenvalue weighted by atomic mass is 16.7. The summed E-state index contributed by atoms with van der Waals surface area (Å²) in [5.74, 6) is -1.52. The first-order valence-electron chi connectivity index (χ1n) is 15.2. The third kappa shape index (κ3) is 5.64. The van der Waals surface area contributed by atoms with Crippen LogP contribution in [0.15, 0.2) is 95.2 Å². The lowest BCUT2D eigenvalue weighted by atomic mass is 9.78. The molecular weight excluding hydrogens is 556 g/mol. The van der Waals surface area contributed by atoms with Gasteiger partial charge in [-0.15, -0.1) is 0 Å². The van der Waals surface area contributed by atoms with Crippen molar-refractivity contribution in [1.29, 1.82) is 0 Å². The molecule has 6 rings (SSSR count). The van der Waals surface area contributed by atoms with Gasteiger partial charge in [-0.3, -0.25) is 0 Å². The van der Waals surface area contributed by atoms with Crippen molar-refractivity contribution in [3.8, 4) is 0 Å². The summed E-state index contributed by atoms with van der Waals surface area (Å²) in [6.07, 6.45) is 2.04. The fraction of sp³-hybridized carbons (Fsp3) is 0.333. The van der Waals surface area contributed by atoms with E-state index in [0.29, 0.717) is 32.3 Å². The number of fused-ring (bicyclic) bond motifs is 2. The van der Waals surface area contributed by atoms with E-state index >= 15 is 0 Å². The molecule has 228 valence electrons. The fourth-order valence-electron chi connectivity index (χ4n) is 5.96. The SMILES string of the molecule is CCC1C(c2ccc3ccccc3c2)=NOC1(CC)C(=O)O.CCOC(=O)C1(CC)CC(c2ccc3ccccc3c2)=NO1. The van der Waals surface area contributed by atoms with Gasteiger partial charge in [0, 0.05) is 17.5 Å². The van der Waals surface area contributed by atoms with Crippen molar-refractivity contribution < 1.29 is 29.1 Å². The first-order chi connectivity index (χ1) is 21.3.